The molecule has 0 bridgehead atoms. The minimum atomic E-state index is -0.967. The maximum absolute atomic E-state index is 11.9. The first kappa shape index (κ1) is 13.9. The summed E-state index contributed by atoms with van der Waals surface area (Å²) in [6.45, 7) is 7.39. The van der Waals surface area contributed by atoms with Crippen LogP contribution in [0.2, 0.25) is 0 Å². The van der Waals surface area contributed by atoms with Crippen LogP contribution >= 0.6 is 0 Å². The highest BCUT2D eigenvalue weighted by atomic mass is 16.4. The lowest BCUT2D eigenvalue weighted by atomic mass is 10.2. The highest BCUT2D eigenvalue weighted by Gasteiger charge is 2.21. The van der Waals surface area contributed by atoms with Crippen molar-refractivity contribution in [2.45, 2.75) is 39.8 Å². The molecular formula is C10H16N4O4. The zero-order valence-electron chi connectivity index (χ0n) is 10.7. The fourth-order valence-electron chi connectivity index (χ4n) is 1.62. The zero-order valence-corrected chi connectivity index (χ0v) is 10.7. The number of carbonyl (C=O) groups is 1. The molecule has 0 atom stereocenters. The van der Waals surface area contributed by atoms with Crippen LogP contribution in [0.25, 0.3) is 0 Å². The number of hydrogen-bond acceptors (Lipinski definition) is 5. The van der Waals surface area contributed by atoms with Crippen LogP contribution in [0.15, 0.2) is 14.0 Å². The molecule has 1 aromatic heterocycles. The largest absolute Gasteiger partial charge is 0.423 e. The summed E-state index contributed by atoms with van der Waals surface area (Å²) < 4.78 is 4.56. The van der Waals surface area contributed by atoms with Crippen LogP contribution in [0.5, 0.6) is 0 Å². The summed E-state index contributed by atoms with van der Waals surface area (Å²) in [6.07, 6.45) is 0. The number of anilines is 1. The van der Waals surface area contributed by atoms with Crippen LogP contribution in [0.4, 0.5) is 10.8 Å². The Balaban J connectivity index is 2.92. The van der Waals surface area contributed by atoms with Gasteiger partial charge in [-0.05, 0) is 27.7 Å². The number of aromatic amines is 1. The van der Waals surface area contributed by atoms with Crippen molar-refractivity contribution in [2.24, 2.45) is 0 Å². The third-order valence-corrected chi connectivity index (χ3v) is 2.16. The van der Waals surface area contributed by atoms with Gasteiger partial charge < -0.3 is 9.32 Å². The summed E-state index contributed by atoms with van der Waals surface area (Å²) in [5.74, 6) is -0.967. The molecule has 0 radical (unpaired) electrons. The predicted molar refractivity (Wildman–Crippen MR) is 64.5 cm³/mol. The van der Waals surface area contributed by atoms with E-state index in [0.717, 1.165) is 0 Å². The molecule has 8 nitrogen and oxygen atoms in total. The molecule has 1 rings (SSSR count). The van der Waals surface area contributed by atoms with E-state index in [1.54, 1.807) is 4.98 Å². The van der Waals surface area contributed by atoms with Gasteiger partial charge in [-0.1, -0.05) is 0 Å². The van der Waals surface area contributed by atoms with Crippen LogP contribution in [-0.4, -0.2) is 33.0 Å². The molecule has 0 fully saturated rings. The number of nitrogens with one attached hydrogen (secondary N) is 2. The highest BCUT2D eigenvalue weighted by molar-refractivity contribution is 5.87. The average Bonchev–Trinajstić information content (AvgIpc) is 2.13. The fraction of sp³-hybridized carbons (Fsp3) is 0.600. The van der Waals surface area contributed by atoms with E-state index in [0.29, 0.717) is 0 Å². The fourth-order valence-corrected chi connectivity index (χ4v) is 1.62. The van der Waals surface area contributed by atoms with Gasteiger partial charge in [-0.15, -0.1) is 4.98 Å². The van der Waals surface area contributed by atoms with Crippen molar-refractivity contribution < 1.29 is 9.21 Å². The van der Waals surface area contributed by atoms with E-state index in [-0.39, 0.29) is 12.1 Å². The van der Waals surface area contributed by atoms with E-state index in [1.807, 2.05) is 27.7 Å². The Kier molecular flexibility index (Phi) is 4.24. The maximum atomic E-state index is 11.9. The Morgan fingerprint density at radius 2 is 1.83 bits per heavy atom. The molecule has 0 aliphatic carbocycles. The molecule has 8 heteroatoms. The number of carbonyl (C=O) groups excluding carboxylic acids is 1. The quantitative estimate of drug-likeness (QED) is 0.812. The number of rotatable bonds is 3. The average molecular weight is 256 g/mol. The lowest BCUT2D eigenvalue weighted by Gasteiger charge is -2.30. The van der Waals surface area contributed by atoms with E-state index in [2.05, 4.69) is 14.7 Å². The summed E-state index contributed by atoms with van der Waals surface area (Å²) in [7, 11) is 0. The first-order valence-corrected chi connectivity index (χ1v) is 5.52. The van der Waals surface area contributed by atoms with Gasteiger partial charge in [0.25, 0.3) is 0 Å². The van der Waals surface area contributed by atoms with Crippen molar-refractivity contribution in [3.8, 4) is 0 Å². The summed E-state index contributed by atoms with van der Waals surface area (Å²) in [6, 6.07) is -0.987. The normalized spacial score (nSPS) is 10.8. The molecule has 0 unspecified atom stereocenters. The van der Waals surface area contributed by atoms with Gasteiger partial charge in [0.1, 0.15) is 0 Å². The molecule has 2 amide bonds. The molecule has 0 saturated heterocycles. The molecule has 1 heterocycles. The second-order valence-corrected chi connectivity index (χ2v) is 4.26. The van der Waals surface area contributed by atoms with Gasteiger partial charge in [-0.2, -0.15) is 0 Å². The van der Waals surface area contributed by atoms with E-state index >= 15 is 0 Å². The second-order valence-electron chi connectivity index (χ2n) is 4.26. The highest BCUT2D eigenvalue weighted by Crippen LogP contribution is 2.07. The summed E-state index contributed by atoms with van der Waals surface area (Å²) in [4.78, 5) is 40.4. The monoisotopic (exact) mass is 256 g/mol. The van der Waals surface area contributed by atoms with Crippen LogP contribution in [0.3, 0.4) is 0 Å². The van der Waals surface area contributed by atoms with Crippen LogP contribution in [0.1, 0.15) is 27.7 Å². The minimum Gasteiger partial charge on any atom is -0.375 e. The standard InChI is InChI=1S/C10H16N4O4/c1-5(2)14(6(3)4)9(16)13-8-11-7(15)12-10(17)18-8/h5-6H,1-4H3,(H2,11,12,13,15,16,17). The smallest absolute Gasteiger partial charge is 0.375 e. The van der Waals surface area contributed by atoms with E-state index in [4.69, 9.17) is 0 Å². The molecular weight excluding hydrogens is 240 g/mol. The van der Waals surface area contributed by atoms with Crippen LogP contribution < -0.4 is 16.8 Å². The zero-order chi connectivity index (χ0) is 13.9. The van der Waals surface area contributed by atoms with Crippen LogP contribution in [0, 0.1) is 0 Å². The van der Waals surface area contributed by atoms with Gasteiger partial charge in [0.15, 0.2) is 0 Å². The van der Waals surface area contributed by atoms with Crippen molar-refractivity contribution in [3.63, 3.8) is 0 Å². The van der Waals surface area contributed by atoms with Crippen molar-refractivity contribution in [1.82, 2.24) is 14.9 Å². The molecule has 100 valence electrons. The van der Waals surface area contributed by atoms with Crippen molar-refractivity contribution >= 4 is 12.0 Å². The summed E-state index contributed by atoms with van der Waals surface area (Å²) in [5.41, 5.74) is -0.873. The third-order valence-electron chi connectivity index (χ3n) is 2.16. The first-order chi connectivity index (χ1) is 8.31. The van der Waals surface area contributed by atoms with Crippen molar-refractivity contribution in [3.05, 3.63) is 21.0 Å². The van der Waals surface area contributed by atoms with Gasteiger partial charge in [0.05, 0.1) is 0 Å². The van der Waals surface area contributed by atoms with Gasteiger partial charge in [0, 0.05) is 12.1 Å². The molecule has 0 spiro atoms. The number of aromatic nitrogens is 2. The number of hydrogen-bond donors (Lipinski definition) is 2. The Hall–Kier alpha value is -2.12. The molecule has 2 N–H and O–H groups in total. The lowest BCUT2D eigenvalue weighted by Crippen LogP contribution is -2.45. The van der Waals surface area contributed by atoms with Gasteiger partial charge in [-0.25, -0.2) is 19.4 Å². The summed E-state index contributed by atoms with van der Waals surface area (Å²) >= 11 is 0. The Morgan fingerprint density at radius 1 is 1.28 bits per heavy atom. The SMILES string of the molecule is CC(C)N(C(=O)Nc1nc(=O)[nH]c(=O)o1)C(C)C. The van der Waals surface area contributed by atoms with Gasteiger partial charge >= 0.3 is 23.5 Å². The van der Waals surface area contributed by atoms with Gasteiger partial charge in [-0.3, -0.25) is 5.32 Å². The lowest BCUT2D eigenvalue weighted by molar-refractivity contribution is 0.177. The predicted octanol–water partition coefficient (Wildman–Crippen LogP) is 0.374. The number of H-pyrrole nitrogens is 1. The molecule has 18 heavy (non-hydrogen) atoms. The molecule has 0 aromatic carbocycles. The molecule has 0 saturated carbocycles. The van der Waals surface area contributed by atoms with Crippen molar-refractivity contribution in [2.75, 3.05) is 5.32 Å². The topological polar surface area (TPSA) is 108 Å². The van der Waals surface area contributed by atoms with Gasteiger partial charge in [0.2, 0.25) is 0 Å². The third kappa shape index (κ3) is 3.44. The number of urea groups is 1. The van der Waals surface area contributed by atoms with E-state index < -0.39 is 23.5 Å². The second kappa shape index (κ2) is 5.48. The first-order valence-electron chi connectivity index (χ1n) is 5.52. The molecule has 0 aliphatic rings. The number of nitrogens with zero attached hydrogens (tertiary/aromatic N) is 2. The van der Waals surface area contributed by atoms with E-state index in [9.17, 15) is 14.4 Å². The molecule has 0 aliphatic heterocycles. The van der Waals surface area contributed by atoms with Crippen LogP contribution in [-0.2, 0) is 0 Å². The Morgan fingerprint density at radius 3 is 2.28 bits per heavy atom. The summed E-state index contributed by atoms with van der Waals surface area (Å²) in [5, 5.41) is 2.28. The van der Waals surface area contributed by atoms with Crippen molar-refractivity contribution in [1.29, 1.82) is 0 Å². The number of amides is 2. The Labute approximate surface area is 103 Å². The van der Waals surface area contributed by atoms with E-state index in [1.165, 1.54) is 4.90 Å². The minimum absolute atomic E-state index is 0.0429. The maximum Gasteiger partial charge on any atom is 0.423 e. The molecule has 1 aromatic rings. The Bertz CT molecular complexity index is 495.